The van der Waals surface area contributed by atoms with Gasteiger partial charge in [-0.1, -0.05) is 24.3 Å². The van der Waals surface area contributed by atoms with Crippen LogP contribution < -0.4 is 14.8 Å². The van der Waals surface area contributed by atoms with E-state index in [0.717, 1.165) is 5.56 Å². The number of nitrogens with one attached hydrogen (secondary N) is 1. The molecular weight excluding hydrogens is 486 g/mol. The van der Waals surface area contributed by atoms with Gasteiger partial charge in [0.2, 0.25) is 0 Å². The van der Waals surface area contributed by atoms with Crippen molar-refractivity contribution in [1.29, 1.82) is 0 Å². The third-order valence-electron chi connectivity index (χ3n) is 7.03. The van der Waals surface area contributed by atoms with Crippen molar-refractivity contribution < 1.29 is 33.3 Å². The fourth-order valence-corrected chi connectivity index (χ4v) is 5.34. The molecule has 8 heteroatoms. The highest BCUT2D eigenvalue weighted by molar-refractivity contribution is 6.13. The first kappa shape index (κ1) is 27.0. The maximum atomic E-state index is 14.3. The maximum absolute atomic E-state index is 14.3. The smallest absolute Gasteiger partial charge is 0.336 e. The molecule has 4 rings (SSSR count). The Labute approximate surface area is 222 Å². The second-order valence-corrected chi connectivity index (χ2v) is 9.16. The second-order valence-electron chi connectivity index (χ2n) is 9.16. The van der Waals surface area contributed by atoms with Crippen molar-refractivity contribution in [1.82, 2.24) is 5.32 Å². The number of carbonyl (C=O) groups excluding carboxylic acids is 3. The van der Waals surface area contributed by atoms with Crippen molar-refractivity contribution >= 4 is 17.7 Å². The molecule has 0 saturated heterocycles. The highest BCUT2D eigenvalue weighted by atomic mass is 16.5. The van der Waals surface area contributed by atoms with Crippen molar-refractivity contribution in [3.05, 3.63) is 82.2 Å². The van der Waals surface area contributed by atoms with Gasteiger partial charge in [-0.2, -0.15) is 0 Å². The van der Waals surface area contributed by atoms with Crippen LogP contribution in [0.3, 0.4) is 0 Å². The van der Waals surface area contributed by atoms with Gasteiger partial charge in [0.1, 0.15) is 17.4 Å². The topological polar surface area (TPSA) is 100 Å². The molecule has 0 fully saturated rings. The monoisotopic (exact) mass is 519 g/mol. The Balaban J connectivity index is 1.89. The first-order valence-corrected chi connectivity index (χ1v) is 12.7. The lowest BCUT2D eigenvalue weighted by Crippen LogP contribution is -2.43. The van der Waals surface area contributed by atoms with Crippen LogP contribution in [0, 0.1) is 5.92 Å². The van der Waals surface area contributed by atoms with Crippen LogP contribution in [0.2, 0.25) is 0 Å². The molecule has 1 aliphatic heterocycles. The van der Waals surface area contributed by atoms with Crippen LogP contribution in [0.5, 0.6) is 11.5 Å². The number of hydrogen-bond donors (Lipinski definition) is 1. The Bertz CT molecular complexity index is 1290. The van der Waals surface area contributed by atoms with Crippen LogP contribution in [0.1, 0.15) is 50.2 Å². The van der Waals surface area contributed by atoms with Crippen LogP contribution in [-0.2, 0) is 23.9 Å². The van der Waals surface area contributed by atoms with Crippen molar-refractivity contribution in [3.63, 3.8) is 0 Å². The van der Waals surface area contributed by atoms with Crippen molar-refractivity contribution in [2.45, 2.75) is 39.0 Å². The number of methoxy groups -OCH3 is 2. The second kappa shape index (κ2) is 11.5. The largest absolute Gasteiger partial charge is 0.497 e. The van der Waals surface area contributed by atoms with E-state index in [9.17, 15) is 14.4 Å². The molecule has 0 unspecified atom stereocenters. The molecule has 8 nitrogen and oxygen atoms in total. The highest BCUT2D eigenvalue weighted by Gasteiger charge is 2.49. The third-order valence-corrected chi connectivity index (χ3v) is 7.03. The Kier molecular flexibility index (Phi) is 8.20. The average Bonchev–Trinajstić information content (AvgIpc) is 2.92. The standard InChI is InChI=1S/C30H33NO7/c1-6-37-29(33)24-17(3)31-23-16-22(18-11-13-20(35-4)14-12-18)26(30(34)38-7-2)28(32)27(23)25(24)19-9-8-10-21(15-19)36-5/h8-15,22,25-26,31H,6-7,16H2,1-5H3/t22-,25-,26+/m1/s1. The Morgan fingerprint density at radius 1 is 0.921 bits per heavy atom. The van der Waals surface area contributed by atoms with Crippen molar-refractivity contribution in [3.8, 4) is 11.5 Å². The van der Waals surface area contributed by atoms with E-state index >= 15 is 0 Å². The SMILES string of the molecule is CCOC(=O)C1=C(C)NC2=C(C(=O)[C@@H](C(=O)OCC)[C@@H](c3ccc(OC)cc3)C2)[C@@H]1c1cccc(OC)c1. The summed E-state index contributed by atoms with van der Waals surface area (Å²) >= 11 is 0. The van der Waals surface area contributed by atoms with Crippen molar-refractivity contribution in [2.75, 3.05) is 27.4 Å². The van der Waals surface area contributed by atoms with Gasteiger partial charge in [-0.25, -0.2) is 4.79 Å². The summed E-state index contributed by atoms with van der Waals surface area (Å²) in [7, 11) is 3.14. The molecule has 2 aromatic rings. The molecule has 2 aliphatic rings. The van der Waals surface area contributed by atoms with Crippen LogP contribution in [-0.4, -0.2) is 45.2 Å². The minimum absolute atomic E-state index is 0.147. The van der Waals surface area contributed by atoms with E-state index in [1.807, 2.05) is 36.4 Å². The lowest BCUT2D eigenvalue weighted by molar-refractivity contribution is -0.152. The van der Waals surface area contributed by atoms with E-state index in [1.54, 1.807) is 47.1 Å². The number of carbonyl (C=O) groups is 3. The van der Waals surface area contributed by atoms with Gasteiger partial charge in [0.15, 0.2) is 5.78 Å². The van der Waals surface area contributed by atoms with Crippen molar-refractivity contribution in [2.24, 2.45) is 5.92 Å². The van der Waals surface area contributed by atoms with E-state index in [-0.39, 0.29) is 19.0 Å². The maximum Gasteiger partial charge on any atom is 0.336 e. The normalized spacial score (nSPS) is 20.9. The summed E-state index contributed by atoms with van der Waals surface area (Å²) < 4.78 is 21.5. The number of benzene rings is 2. The molecule has 2 aromatic carbocycles. The van der Waals surface area contributed by atoms with Crippen LogP contribution in [0.25, 0.3) is 0 Å². The van der Waals surface area contributed by atoms with Gasteiger partial charge in [-0.05, 0) is 62.6 Å². The number of hydrogen-bond acceptors (Lipinski definition) is 8. The molecule has 0 radical (unpaired) electrons. The number of Topliss-reactive ketones (excluding diaryl/α,β-unsaturated/α-hetero) is 1. The van der Waals surface area contributed by atoms with Gasteiger partial charge in [0.05, 0.1) is 33.0 Å². The Hall–Kier alpha value is -4.07. The van der Waals surface area contributed by atoms with E-state index < -0.39 is 29.7 Å². The molecule has 0 saturated carbocycles. The third kappa shape index (κ3) is 5.03. The summed E-state index contributed by atoms with van der Waals surface area (Å²) in [5, 5.41) is 3.31. The Morgan fingerprint density at radius 3 is 2.24 bits per heavy atom. The predicted octanol–water partition coefficient (Wildman–Crippen LogP) is 4.42. The summed E-state index contributed by atoms with van der Waals surface area (Å²) in [5.74, 6) is -2.48. The number of dihydropyridines is 1. The number of allylic oxidation sites excluding steroid dienone is 3. The summed E-state index contributed by atoms with van der Waals surface area (Å²) in [6, 6.07) is 14.6. The fourth-order valence-electron chi connectivity index (χ4n) is 5.34. The average molecular weight is 520 g/mol. The number of rotatable bonds is 8. The lowest BCUT2D eigenvalue weighted by Gasteiger charge is -2.39. The fraction of sp³-hybridized carbons (Fsp3) is 0.367. The molecular formula is C30H33NO7. The lowest BCUT2D eigenvalue weighted by atomic mass is 9.67. The van der Waals surface area contributed by atoms with Gasteiger partial charge >= 0.3 is 11.9 Å². The first-order valence-electron chi connectivity index (χ1n) is 12.7. The number of ether oxygens (including phenoxy) is 4. The van der Waals surface area contributed by atoms with Gasteiger partial charge in [0, 0.05) is 28.8 Å². The van der Waals surface area contributed by atoms with Crippen LogP contribution in [0.15, 0.2) is 71.1 Å². The molecule has 38 heavy (non-hydrogen) atoms. The highest BCUT2D eigenvalue weighted by Crippen LogP contribution is 2.48. The zero-order valence-corrected chi connectivity index (χ0v) is 22.3. The van der Waals surface area contributed by atoms with E-state index in [0.29, 0.717) is 46.0 Å². The summed E-state index contributed by atoms with van der Waals surface area (Å²) in [5.41, 5.74) is 3.49. The van der Waals surface area contributed by atoms with Gasteiger partial charge < -0.3 is 24.3 Å². The summed E-state index contributed by atoms with van der Waals surface area (Å²) in [6.45, 7) is 5.58. The molecule has 0 aromatic heterocycles. The molecule has 3 atom stereocenters. The first-order chi connectivity index (χ1) is 18.3. The number of ketones is 1. The van der Waals surface area contributed by atoms with E-state index in [1.165, 1.54) is 0 Å². The summed E-state index contributed by atoms with van der Waals surface area (Å²) in [6.07, 6.45) is 0.380. The van der Waals surface area contributed by atoms with E-state index in [4.69, 9.17) is 18.9 Å². The molecule has 1 aliphatic carbocycles. The number of esters is 2. The molecule has 0 amide bonds. The van der Waals surface area contributed by atoms with Crippen LogP contribution >= 0.6 is 0 Å². The predicted molar refractivity (Wildman–Crippen MR) is 141 cm³/mol. The summed E-state index contributed by atoms with van der Waals surface area (Å²) in [4.78, 5) is 40.8. The minimum Gasteiger partial charge on any atom is -0.497 e. The van der Waals surface area contributed by atoms with Gasteiger partial charge in [-0.3, -0.25) is 9.59 Å². The molecule has 0 bridgehead atoms. The van der Waals surface area contributed by atoms with Crippen LogP contribution in [0.4, 0.5) is 0 Å². The van der Waals surface area contributed by atoms with Gasteiger partial charge in [-0.15, -0.1) is 0 Å². The zero-order chi connectivity index (χ0) is 27.4. The zero-order valence-electron chi connectivity index (χ0n) is 22.3. The molecule has 1 heterocycles. The Morgan fingerprint density at radius 2 is 1.61 bits per heavy atom. The van der Waals surface area contributed by atoms with E-state index in [2.05, 4.69) is 5.32 Å². The minimum atomic E-state index is -1.07. The molecule has 0 spiro atoms. The van der Waals surface area contributed by atoms with Gasteiger partial charge in [0.25, 0.3) is 0 Å². The molecule has 1 N–H and O–H groups in total. The quantitative estimate of drug-likeness (QED) is 0.404. The molecule has 200 valence electrons.